The summed E-state index contributed by atoms with van der Waals surface area (Å²) in [5, 5.41) is 8.12. The van der Waals surface area contributed by atoms with E-state index in [0.717, 1.165) is 51.1 Å². The Kier molecular flexibility index (Phi) is 5.85. The van der Waals surface area contributed by atoms with Crippen LogP contribution in [0, 0.1) is 27.7 Å². The molecule has 31 heavy (non-hydrogen) atoms. The lowest BCUT2D eigenvalue weighted by Crippen LogP contribution is -2.36. The van der Waals surface area contributed by atoms with Gasteiger partial charge in [0.05, 0.1) is 24.9 Å². The van der Waals surface area contributed by atoms with E-state index in [1.165, 1.54) is 0 Å². The van der Waals surface area contributed by atoms with Crippen molar-refractivity contribution in [2.24, 2.45) is 0 Å². The zero-order chi connectivity index (χ0) is 22.1. The molecular weight excluding hydrogens is 394 g/mol. The largest absolute Gasteiger partial charge is 0.464 e. The standard InChI is InChI=1S/C24H29N3O4/c1-14-9-15(2)24-18(13-30-21(24)10-14)11-22(28)25-19-5-6-23(29)27(8-7-19)12-20-16(3)26-31-17(20)4/h9-10,13,19H,5-8,11-12H2,1-4H3,(H,25,28). The minimum Gasteiger partial charge on any atom is -0.464 e. The number of nitrogens with one attached hydrogen (secondary N) is 1. The molecule has 0 spiro atoms. The fraction of sp³-hybridized carbons (Fsp3) is 0.458. The first kappa shape index (κ1) is 21.2. The Hall–Kier alpha value is -3.09. The summed E-state index contributed by atoms with van der Waals surface area (Å²) in [7, 11) is 0. The molecular formula is C24H29N3O4. The van der Waals surface area contributed by atoms with Crippen LogP contribution in [0.2, 0.25) is 0 Å². The van der Waals surface area contributed by atoms with Crippen LogP contribution in [0.1, 0.15) is 53.0 Å². The SMILES string of the molecule is Cc1cc(C)c2c(CC(=O)NC3CCC(=O)N(Cc4c(C)noc4C)CC3)coc2c1. The maximum atomic E-state index is 12.7. The number of aromatic nitrogens is 1. The number of benzene rings is 1. The lowest BCUT2D eigenvalue weighted by atomic mass is 10.0. The molecule has 1 saturated heterocycles. The molecule has 0 aliphatic carbocycles. The van der Waals surface area contributed by atoms with Gasteiger partial charge in [-0.2, -0.15) is 0 Å². The second-order valence-corrected chi connectivity index (χ2v) is 8.60. The molecule has 1 N–H and O–H groups in total. The number of nitrogens with zero attached hydrogens (tertiary/aromatic N) is 2. The monoisotopic (exact) mass is 423 g/mol. The Morgan fingerprint density at radius 3 is 2.77 bits per heavy atom. The summed E-state index contributed by atoms with van der Waals surface area (Å²) in [4.78, 5) is 27.2. The van der Waals surface area contributed by atoms with E-state index < -0.39 is 0 Å². The number of hydrogen-bond donors (Lipinski definition) is 1. The number of hydrogen-bond acceptors (Lipinski definition) is 5. The fourth-order valence-corrected chi connectivity index (χ4v) is 4.47. The van der Waals surface area contributed by atoms with Crippen molar-refractivity contribution in [3.8, 4) is 0 Å². The van der Waals surface area contributed by atoms with Crippen LogP contribution < -0.4 is 5.32 Å². The van der Waals surface area contributed by atoms with Gasteiger partial charge in [0, 0.05) is 35.5 Å². The highest BCUT2D eigenvalue weighted by Crippen LogP contribution is 2.27. The second kappa shape index (κ2) is 8.57. The van der Waals surface area contributed by atoms with E-state index >= 15 is 0 Å². The maximum Gasteiger partial charge on any atom is 0.224 e. The minimum absolute atomic E-state index is 0.0207. The normalized spacial score (nSPS) is 17.2. The number of aryl methyl sites for hydroxylation is 4. The number of likely N-dealkylation sites (tertiary alicyclic amines) is 1. The molecule has 1 aliphatic rings. The summed E-state index contributed by atoms with van der Waals surface area (Å²) in [6.07, 6.45) is 3.74. The number of amides is 2. The number of rotatable bonds is 5. The van der Waals surface area contributed by atoms with Crippen molar-refractivity contribution in [2.45, 2.75) is 66.0 Å². The third-order valence-electron chi connectivity index (χ3n) is 6.15. The van der Waals surface area contributed by atoms with E-state index in [1.807, 2.05) is 38.7 Å². The lowest BCUT2D eigenvalue weighted by molar-refractivity contribution is -0.131. The van der Waals surface area contributed by atoms with Gasteiger partial charge in [-0.3, -0.25) is 9.59 Å². The zero-order valence-electron chi connectivity index (χ0n) is 18.6. The van der Waals surface area contributed by atoms with Crippen LogP contribution in [-0.4, -0.2) is 34.5 Å². The van der Waals surface area contributed by atoms with E-state index in [-0.39, 0.29) is 24.3 Å². The lowest BCUT2D eigenvalue weighted by Gasteiger charge is -2.21. The summed E-state index contributed by atoms with van der Waals surface area (Å²) in [5.41, 5.74) is 5.75. The molecule has 1 aliphatic heterocycles. The van der Waals surface area contributed by atoms with Gasteiger partial charge in [-0.15, -0.1) is 0 Å². The Morgan fingerprint density at radius 1 is 1.23 bits per heavy atom. The van der Waals surface area contributed by atoms with E-state index in [4.69, 9.17) is 8.94 Å². The summed E-state index contributed by atoms with van der Waals surface area (Å²) in [5.74, 6) is 0.806. The van der Waals surface area contributed by atoms with Gasteiger partial charge in [0.15, 0.2) is 0 Å². The Morgan fingerprint density at radius 2 is 2.03 bits per heavy atom. The average Bonchev–Trinajstić information content (AvgIpc) is 3.19. The van der Waals surface area contributed by atoms with Gasteiger partial charge in [-0.25, -0.2) is 0 Å². The van der Waals surface area contributed by atoms with Crippen molar-refractivity contribution in [1.29, 1.82) is 0 Å². The Balaban J connectivity index is 1.38. The molecule has 1 fully saturated rings. The van der Waals surface area contributed by atoms with Crippen LogP contribution in [0.3, 0.4) is 0 Å². The van der Waals surface area contributed by atoms with Gasteiger partial charge in [-0.1, -0.05) is 11.2 Å². The average molecular weight is 424 g/mol. The number of carbonyl (C=O) groups excluding carboxylic acids is 2. The smallest absolute Gasteiger partial charge is 0.224 e. The molecule has 2 amide bonds. The minimum atomic E-state index is -0.0423. The van der Waals surface area contributed by atoms with Crippen molar-refractivity contribution < 1.29 is 18.5 Å². The first-order chi connectivity index (χ1) is 14.8. The van der Waals surface area contributed by atoms with Crippen LogP contribution in [0.15, 0.2) is 27.3 Å². The van der Waals surface area contributed by atoms with Gasteiger partial charge in [0.1, 0.15) is 11.3 Å². The van der Waals surface area contributed by atoms with Crippen molar-refractivity contribution in [3.63, 3.8) is 0 Å². The number of carbonyl (C=O) groups is 2. The van der Waals surface area contributed by atoms with Crippen LogP contribution in [0.25, 0.3) is 11.0 Å². The Labute approximate surface area is 181 Å². The van der Waals surface area contributed by atoms with Crippen molar-refractivity contribution >= 4 is 22.8 Å². The highest BCUT2D eigenvalue weighted by Gasteiger charge is 2.25. The van der Waals surface area contributed by atoms with Crippen molar-refractivity contribution in [3.05, 3.63) is 52.1 Å². The Bertz CT molecular complexity index is 1110. The zero-order valence-corrected chi connectivity index (χ0v) is 18.6. The van der Waals surface area contributed by atoms with Gasteiger partial charge in [0.25, 0.3) is 0 Å². The summed E-state index contributed by atoms with van der Waals surface area (Å²) < 4.78 is 10.9. The quantitative estimate of drug-likeness (QED) is 0.672. The van der Waals surface area contributed by atoms with Crippen LogP contribution in [0.5, 0.6) is 0 Å². The van der Waals surface area contributed by atoms with E-state index in [9.17, 15) is 9.59 Å². The molecule has 1 atom stereocenters. The molecule has 7 heteroatoms. The van der Waals surface area contributed by atoms with Gasteiger partial charge < -0.3 is 19.2 Å². The highest BCUT2D eigenvalue weighted by molar-refractivity contribution is 5.90. The molecule has 0 saturated carbocycles. The summed E-state index contributed by atoms with van der Waals surface area (Å²) in [6.45, 7) is 8.92. The number of fused-ring (bicyclic) bond motifs is 1. The fourth-order valence-electron chi connectivity index (χ4n) is 4.47. The molecule has 1 unspecified atom stereocenters. The maximum absolute atomic E-state index is 12.7. The third kappa shape index (κ3) is 4.50. The first-order valence-electron chi connectivity index (χ1n) is 10.8. The van der Waals surface area contributed by atoms with E-state index in [2.05, 4.69) is 16.5 Å². The second-order valence-electron chi connectivity index (χ2n) is 8.60. The van der Waals surface area contributed by atoms with E-state index in [0.29, 0.717) is 25.9 Å². The molecule has 3 heterocycles. The molecule has 0 radical (unpaired) electrons. The topological polar surface area (TPSA) is 88.6 Å². The summed E-state index contributed by atoms with van der Waals surface area (Å²) >= 11 is 0. The van der Waals surface area contributed by atoms with Crippen molar-refractivity contribution in [1.82, 2.24) is 15.4 Å². The molecule has 164 valence electrons. The van der Waals surface area contributed by atoms with Gasteiger partial charge >= 0.3 is 0 Å². The van der Waals surface area contributed by atoms with E-state index in [1.54, 1.807) is 6.26 Å². The predicted octanol–water partition coefficient (Wildman–Crippen LogP) is 3.89. The highest BCUT2D eigenvalue weighted by atomic mass is 16.5. The van der Waals surface area contributed by atoms with Crippen molar-refractivity contribution in [2.75, 3.05) is 6.54 Å². The van der Waals surface area contributed by atoms with Crippen LogP contribution in [-0.2, 0) is 22.6 Å². The molecule has 0 bridgehead atoms. The first-order valence-corrected chi connectivity index (χ1v) is 10.8. The van der Waals surface area contributed by atoms with Crippen LogP contribution in [0.4, 0.5) is 0 Å². The molecule has 3 aromatic rings. The molecule has 1 aromatic carbocycles. The molecule has 2 aromatic heterocycles. The molecule has 7 nitrogen and oxygen atoms in total. The predicted molar refractivity (Wildman–Crippen MR) is 117 cm³/mol. The molecule has 4 rings (SSSR count). The summed E-state index contributed by atoms with van der Waals surface area (Å²) in [6, 6.07) is 4.07. The van der Waals surface area contributed by atoms with Crippen LogP contribution >= 0.6 is 0 Å². The third-order valence-corrected chi connectivity index (χ3v) is 6.15. The van der Waals surface area contributed by atoms with Gasteiger partial charge in [0.2, 0.25) is 11.8 Å². The van der Waals surface area contributed by atoms with Gasteiger partial charge in [-0.05, 0) is 57.7 Å². The number of furan rings is 1.